The number of aromatic nitrogens is 1. The van der Waals surface area contributed by atoms with Gasteiger partial charge in [-0.15, -0.1) is 0 Å². The molecule has 150 valence electrons. The average molecular weight is 383 g/mol. The molecule has 2 aromatic rings. The Morgan fingerprint density at radius 3 is 2.50 bits per heavy atom. The number of piperidine rings is 1. The van der Waals surface area contributed by atoms with Gasteiger partial charge in [0.15, 0.2) is 11.5 Å². The van der Waals surface area contributed by atoms with Gasteiger partial charge in [-0.05, 0) is 55.0 Å². The quantitative estimate of drug-likeness (QED) is 0.766. The largest absolute Gasteiger partial charge is 0.493 e. The number of likely N-dealkylation sites (tertiary alicyclic amines) is 1. The molecule has 1 aliphatic rings. The Kier molecular flexibility index (Phi) is 6.39. The molecule has 1 aromatic heterocycles. The van der Waals surface area contributed by atoms with Gasteiger partial charge < -0.3 is 19.3 Å². The number of pyridine rings is 1. The molecule has 0 saturated carbocycles. The molecular weight excluding hydrogens is 354 g/mol. The number of methoxy groups -OCH3 is 2. The van der Waals surface area contributed by atoms with Gasteiger partial charge in [0.05, 0.1) is 19.8 Å². The second-order valence-electron chi connectivity index (χ2n) is 7.40. The predicted molar refractivity (Wildman–Crippen MR) is 110 cm³/mol. The normalized spacial score (nSPS) is 14.6. The zero-order valence-electron chi connectivity index (χ0n) is 17.1. The van der Waals surface area contributed by atoms with Crippen molar-refractivity contribution < 1.29 is 14.3 Å². The second kappa shape index (κ2) is 8.95. The number of nitrogens with zero attached hydrogens (tertiary/aromatic N) is 3. The van der Waals surface area contributed by atoms with Crippen LogP contribution in [0.5, 0.6) is 11.5 Å². The van der Waals surface area contributed by atoms with Gasteiger partial charge in [0.25, 0.3) is 5.91 Å². The number of rotatable bonds is 6. The van der Waals surface area contributed by atoms with Crippen LogP contribution in [0, 0.1) is 5.92 Å². The summed E-state index contributed by atoms with van der Waals surface area (Å²) in [7, 11) is 7.13. The molecule has 6 heteroatoms. The van der Waals surface area contributed by atoms with E-state index in [4.69, 9.17) is 9.47 Å². The number of carbonyl (C=O) groups excluding carboxylic acids is 1. The summed E-state index contributed by atoms with van der Waals surface area (Å²) in [6, 6.07) is 9.79. The van der Waals surface area contributed by atoms with Crippen molar-refractivity contribution in [1.29, 1.82) is 0 Å². The average Bonchev–Trinajstić information content (AvgIpc) is 2.73. The van der Waals surface area contributed by atoms with Crippen LogP contribution < -0.4 is 14.4 Å². The third-order valence-corrected chi connectivity index (χ3v) is 5.31. The van der Waals surface area contributed by atoms with Crippen molar-refractivity contribution in [3.05, 3.63) is 47.7 Å². The first-order valence-corrected chi connectivity index (χ1v) is 9.66. The maximum atomic E-state index is 13.0. The minimum absolute atomic E-state index is 0.0707. The topological polar surface area (TPSA) is 54.9 Å². The van der Waals surface area contributed by atoms with Gasteiger partial charge in [0.2, 0.25) is 0 Å². The van der Waals surface area contributed by atoms with E-state index >= 15 is 0 Å². The molecule has 0 bridgehead atoms. The molecule has 28 heavy (non-hydrogen) atoms. The highest BCUT2D eigenvalue weighted by Gasteiger charge is 2.26. The van der Waals surface area contributed by atoms with Crippen LogP contribution in [0.4, 0.5) is 5.82 Å². The lowest BCUT2D eigenvalue weighted by molar-refractivity contribution is 0.0691. The van der Waals surface area contributed by atoms with Crippen molar-refractivity contribution in [3.8, 4) is 11.5 Å². The lowest BCUT2D eigenvalue weighted by Crippen LogP contribution is -2.39. The number of benzene rings is 1. The summed E-state index contributed by atoms with van der Waals surface area (Å²) < 4.78 is 10.7. The molecule has 1 aromatic carbocycles. The highest BCUT2D eigenvalue weighted by atomic mass is 16.5. The molecule has 1 aliphatic heterocycles. The van der Waals surface area contributed by atoms with E-state index < -0.39 is 0 Å². The Bertz CT molecular complexity index is 814. The summed E-state index contributed by atoms with van der Waals surface area (Å²) >= 11 is 0. The van der Waals surface area contributed by atoms with Crippen molar-refractivity contribution in [2.24, 2.45) is 5.92 Å². The third kappa shape index (κ3) is 4.38. The molecule has 0 radical (unpaired) electrons. The molecule has 1 amide bonds. The molecule has 3 rings (SSSR count). The van der Waals surface area contributed by atoms with Crippen LogP contribution in [0.25, 0.3) is 0 Å². The van der Waals surface area contributed by atoms with Crippen LogP contribution in [-0.4, -0.2) is 57.2 Å². The number of carbonyl (C=O) groups is 1. The van der Waals surface area contributed by atoms with Gasteiger partial charge in [0, 0.05) is 33.4 Å². The number of anilines is 1. The molecule has 0 atom stereocenters. The summed E-state index contributed by atoms with van der Waals surface area (Å²) in [6.07, 6.45) is 4.70. The maximum Gasteiger partial charge on any atom is 0.257 e. The molecule has 0 N–H and O–H groups in total. The van der Waals surface area contributed by atoms with Crippen LogP contribution in [0.1, 0.15) is 28.8 Å². The number of hydrogen-bond donors (Lipinski definition) is 0. The van der Waals surface area contributed by atoms with E-state index in [9.17, 15) is 4.79 Å². The molecule has 0 spiro atoms. The Morgan fingerprint density at radius 2 is 1.86 bits per heavy atom. The molecule has 1 fully saturated rings. The fourth-order valence-corrected chi connectivity index (χ4v) is 3.77. The van der Waals surface area contributed by atoms with Crippen molar-refractivity contribution in [3.63, 3.8) is 0 Å². The van der Waals surface area contributed by atoms with Crippen LogP contribution in [0.15, 0.2) is 36.5 Å². The molecule has 0 unspecified atom stereocenters. The molecule has 0 aliphatic carbocycles. The number of hydrogen-bond acceptors (Lipinski definition) is 5. The Balaban J connectivity index is 1.61. The third-order valence-electron chi connectivity index (χ3n) is 5.31. The SMILES string of the molecule is COc1ccc(CC2CCN(C(=O)c3cccnc3N(C)C)CC2)cc1OC. The monoisotopic (exact) mass is 383 g/mol. The van der Waals surface area contributed by atoms with E-state index in [-0.39, 0.29) is 5.91 Å². The van der Waals surface area contributed by atoms with Gasteiger partial charge in [-0.2, -0.15) is 0 Å². The van der Waals surface area contributed by atoms with Gasteiger partial charge in [-0.25, -0.2) is 4.98 Å². The molecule has 6 nitrogen and oxygen atoms in total. The number of ether oxygens (including phenoxy) is 2. The maximum absolute atomic E-state index is 13.0. The first-order chi connectivity index (χ1) is 13.5. The Morgan fingerprint density at radius 1 is 1.14 bits per heavy atom. The van der Waals surface area contributed by atoms with Gasteiger partial charge in [-0.3, -0.25) is 4.79 Å². The zero-order chi connectivity index (χ0) is 20.1. The fraction of sp³-hybridized carbons (Fsp3) is 0.455. The molecular formula is C22H29N3O3. The van der Waals surface area contributed by atoms with E-state index in [0.717, 1.165) is 49.7 Å². The van der Waals surface area contributed by atoms with Crippen molar-refractivity contribution >= 4 is 11.7 Å². The first kappa shape index (κ1) is 20.0. The van der Waals surface area contributed by atoms with Crippen LogP contribution >= 0.6 is 0 Å². The second-order valence-corrected chi connectivity index (χ2v) is 7.40. The standard InChI is InChI=1S/C22H29N3O3/c1-24(2)21-18(6-5-11-23-21)22(26)25-12-9-16(10-13-25)14-17-7-8-19(27-3)20(15-17)28-4/h5-8,11,15-16H,9-10,12-14H2,1-4H3. The predicted octanol–water partition coefficient (Wildman–Crippen LogP) is 3.26. The molecule has 2 heterocycles. The lowest BCUT2D eigenvalue weighted by Gasteiger charge is -2.32. The fourth-order valence-electron chi connectivity index (χ4n) is 3.77. The zero-order valence-corrected chi connectivity index (χ0v) is 17.1. The Hall–Kier alpha value is -2.76. The summed E-state index contributed by atoms with van der Waals surface area (Å²) in [5.41, 5.74) is 1.91. The van der Waals surface area contributed by atoms with Crippen molar-refractivity contribution in [2.45, 2.75) is 19.3 Å². The summed E-state index contributed by atoms with van der Waals surface area (Å²) in [4.78, 5) is 21.2. The summed E-state index contributed by atoms with van der Waals surface area (Å²) in [6.45, 7) is 1.55. The highest BCUT2D eigenvalue weighted by Crippen LogP contribution is 2.30. The first-order valence-electron chi connectivity index (χ1n) is 9.66. The minimum Gasteiger partial charge on any atom is -0.493 e. The summed E-state index contributed by atoms with van der Waals surface area (Å²) in [5, 5.41) is 0. The van der Waals surface area contributed by atoms with E-state index in [1.807, 2.05) is 42.1 Å². The summed E-state index contributed by atoms with van der Waals surface area (Å²) in [5.74, 6) is 2.87. The van der Waals surface area contributed by atoms with Gasteiger partial charge in [0.1, 0.15) is 5.82 Å². The highest BCUT2D eigenvalue weighted by molar-refractivity contribution is 5.98. The van der Waals surface area contributed by atoms with Crippen molar-refractivity contribution in [1.82, 2.24) is 9.88 Å². The van der Waals surface area contributed by atoms with Crippen LogP contribution in [0.2, 0.25) is 0 Å². The van der Waals surface area contributed by atoms with E-state index in [2.05, 4.69) is 17.1 Å². The van der Waals surface area contributed by atoms with Gasteiger partial charge >= 0.3 is 0 Å². The van der Waals surface area contributed by atoms with E-state index in [1.54, 1.807) is 20.4 Å². The van der Waals surface area contributed by atoms with Gasteiger partial charge in [-0.1, -0.05) is 6.07 Å². The van der Waals surface area contributed by atoms with Crippen LogP contribution in [0.3, 0.4) is 0 Å². The van der Waals surface area contributed by atoms with E-state index in [1.165, 1.54) is 5.56 Å². The van der Waals surface area contributed by atoms with E-state index in [0.29, 0.717) is 11.5 Å². The number of amides is 1. The minimum atomic E-state index is 0.0707. The Labute approximate surface area is 167 Å². The lowest BCUT2D eigenvalue weighted by atomic mass is 9.90. The molecule has 1 saturated heterocycles. The van der Waals surface area contributed by atoms with Crippen LogP contribution in [-0.2, 0) is 6.42 Å². The van der Waals surface area contributed by atoms with Crippen molar-refractivity contribution in [2.75, 3.05) is 46.3 Å². The smallest absolute Gasteiger partial charge is 0.257 e.